The molecule has 4 aromatic rings. The van der Waals surface area contributed by atoms with E-state index in [0.717, 1.165) is 16.8 Å². The van der Waals surface area contributed by atoms with E-state index in [9.17, 15) is 14.4 Å². The summed E-state index contributed by atoms with van der Waals surface area (Å²) in [5.41, 5.74) is 4.02. The van der Waals surface area contributed by atoms with Crippen molar-refractivity contribution in [2.75, 3.05) is 16.8 Å². The van der Waals surface area contributed by atoms with Gasteiger partial charge in [0.2, 0.25) is 0 Å². The SMILES string of the molecule is CC(=O)c1cccc(-c2ccccc2C(=O)Nc2ccc(N(CCc3ccccn3)C(=O)OC(C)(C)C)cc2)c1. The zero-order chi connectivity index (χ0) is 28.7. The zero-order valence-corrected chi connectivity index (χ0v) is 23.2. The molecule has 0 aliphatic carbocycles. The van der Waals surface area contributed by atoms with E-state index in [-0.39, 0.29) is 11.7 Å². The van der Waals surface area contributed by atoms with Crippen LogP contribution < -0.4 is 10.2 Å². The molecule has 2 amide bonds. The first-order chi connectivity index (χ1) is 19.1. The Morgan fingerprint density at radius 1 is 0.875 bits per heavy atom. The van der Waals surface area contributed by atoms with Crippen LogP contribution in [-0.4, -0.2) is 34.9 Å². The molecule has 7 nitrogen and oxygen atoms in total. The predicted molar refractivity (Wildman–Crippen MR) is 158 cm³/mol. The third kappa shape index (κ3) is 7.41. The molecule has 204 valence electrons. The lowest BCUT2D eigenvalue weighted by molar-refractivity contribution is 0.0580. The Morgan fingerprint density at radius 2 is 1.60 bits per heavy atom. The highest BCUT2D eigenvalue weighted by atomic mass is 16.6. The number of ketones is 1. The largest absolute Gasteiger partial charge is 0.443 e. The van der Waals surface area contributed by atoms with Gasteiger partial charge in [0.25, 0.3) is 5.91 Å². The Kier molecular flexibility index (Phi) is 8.74. The van der Waals surface area contributed by atoms with E-state index in [1.165, 1.54) is 6.92 Å². The summed E-state index contributed by atoms with van der Waals surface area (Å²) in [7, 11) is 0. The van der Waals surface area contributed by atoms with Gasteiger partial charge < -0.3 is 10.1 Å². The molecule has 0 saturated carbocycles. The lowest BCUT2D eigenvalue weighted by atomic mass is 9.97. The normalized spacial score (nSPS) is 11.0. The summed E-state index contributed by atoms with van der Waals surface area (Å²) in [4.78, 5) is 44.2. The number of hydrogen-bond acceptors (Lipinski definition) is 5. The second kappa shape index (κ2) is 12.4. The number of amides is 2. The van der Waals surface area contributed by atoms with Crippen molar-refractivity contribution in [1.29, 1.82) is 0 Å². The third-order valence-corrected chi connectivity index (χ3v) is 6.12. The number of rotatable bonds is 8. The van der Waals surface area contributed by atoms with Crippen LogP contribution in [0.25, 0.3) is 11.1 Å². The van der Waals surface area contributed by atoms with Crippen molar-refractivity contribution in [1.82, 2.24) is 4.98 Å². The van der Waals surface area contributed by atoms with Gasteiger partial charge in [0.15, 0.2) is 5.78 Å². The molecule has 0 saturated heterocycles. The lowest BCUT2D eigenvalue weighted by Gasteiger charge is -2.27. The summed E-state index contributed by atoms with van der Waals surface area (Å²) in [6.45, 7) is 7.38. The first-order valence-electron chi connectivity index (χ1n) is 13.1. The van der Waals surface area contributed by atoms with Crippen LogP contribution in [0.15, 0.2) is 97.2 Å². The minimum Gasteiger partial charge on any atom is -0.443 e. The van der Waals surface area contributed by atoms with Crippen LogP contribution in [0.5, 0.6) is 0 Å². The van der Waals surface area contributed by atoms with Gasteiger partial charge in [-0.3, -0.25) is 19.5 Å². The molecule has 0 bridgehead atoms. The molecule has 0 aliphatic heterocycles. The molecule has 0 radical (unpaired) electrons. The highest BCUT2D eigenvalue weighted by Crippen LogP contribution is 2.27. The molecule has 1 heterocycles. The van der Waals surface area contributed by atoms with Crippen molar-refractivity contribution in [2.24, 2.45) is 0 Å². The van der Waals surface area contributed by atoms with E-state index < -0.39 is 11.7 Å². The summed E-state index contributed by atoms with van der Waals surface area (Å²) < 4.78 is 5.65. The molecule has 3 aromatic carbocycles. The van der Waals surface area contributed by atoms with Crippen molar-refractivity contribution in [3.8, 4) is 11.1 Å². The van der Waals surface area contributed by atoms with Crippen LogP contribution in [0, 0.1) is 0 Å². The number of ether oxygens (including phenoxy) is 1. The summed E-state index contributed by atoms with van der Waals surface area (Å²) in [5.74, 6) is -0.319. The number of anilines is 2. The molecule has 7 heteroatoms. The highest BCUT2D eigenvalue weighted by molar-refractivity contribution is 6.09. The molecule has 0 unspecified atom stereocenters. The van der Waals surface area contributed by atoms with Crippen LogP contribution in [-0.2, 0) is 11.2 Å². The first-order valence-corrected chi connectivity index (χ1v) is 13.1. The summed E-state index contributed by atoms with van der Waals surface area (Å²) >= 11 is 0. The Balaban J connectivity index is 1.53. The molecule has 0 aliphatic rings. The van der Waals surface area contributed by atoms with Gasteiger partial charge in [-0.25, -0.2) is 4.79 Å². The lowest BCUT2D eigenvalue weighted by Crippen LogP contribution is -2.38. The average molecular weight is 536 g/mol. The predicted octanol–water partition coefficient (Wildman–Crippen LogP) is 7.19. The number of benzene rings is 3. The Labute approximate surface area is 234 Å². The molecule has 0 atom stereocenters. The summed E-state index contributed by atoms with van der Waals surface area (Å²) in [5, 5.41) is 2.95. The van der Waals surface area contributed by atoms with Gasteiger partial charge in [0, 0.05) is 47.4 Å². The molecule has 1 aromatic heterocycles. The van der Waals surface area contributed by atoms with E-state index in [2.05, 4.69) is 10.3 Å². The second-order valence-corrected chi connectivity index (χ2v) is 10.4. The number of carbonyl (C=O) groups excluding carboxylic acids is 3. The Bertz CT molecular complexity index is 1490. The number of nitrogens with one attached hydrogen (secondary N) is 1. The van der Waals surface area contributed by atoms with Crippen molar-refractivity contribution in [3.05, 3.63) is 114 Å². The van der Waals surface area contributed by atoms with Gasteiger partial charge >= 0.3 is 6.09 Å². The summed E-state index contributed by atoms with van der Waals surface area (Å²) in [6, 6.07) is 27.3. The van der Waals surface area contributed by atoms with Gasteiger partial charge in [0.1, 0.15) is 5.60 Å². The second-order valence-electron chi connectivity index (χ2n) is 10.4. The molecule has 0 fully saturated rings. The van der Waals surface area contributed by atoms with Crippen molar-refractivity contribution in [2.45, 2.75) is 39.7 Å². The fraction of sp³-hybridized carbons (Fsp3) is 0.212. The van der Waals surface area contributed by atoms with Crippen LogP contribution >= 0.6 is 0 Å². The van der Waals surface area contributed by atoms with Crippen molar-refractivity contribution >= 4 is 29.2 Å². The summed E-state index contributed by atoms with van der Waals surface area (Å²) in [6.07, 6.45) is 1.82. The van der Waals surface area contributed by atoms with Gasteiger partial charge in [0.05, 0.1) is 0 Å². The smallest absolute Gasteiger partial charge is 0.414 e. The maximum absolute atomic E-state index is 13.3. The molecular formula is C33H33N3O4. The fourth-order valence-corrected chi connectivity index (χ4v) is 4.18. The molecule has 1 N–H and O–H groups in total. The molecule has 4 rings (SSSR count). The molecule has 40 heavy (non-hydrogen) atoms. The minimum absolute atomic E-state index is 0.0377. The van der Waals surface area contributed by atoms with Crippen LogP contribution in [0.1, 0.15) is 54.1 Å². The maximum Gasteiger partial charge on any atom is 0.414 e. The van der Waals surface area contributed by atoms with E-state index >= 15 is 0 Å². The number of nitrogens with zero attached hydrogens (tertiary/aromatic N) is 2. The zero-order valence-electron chi connectivity index (χ0n) is 23.2. The van der Waals surface area contributed by atoms with Crippen LogP contribution in [0.2, 0.25) is 0 Å². The number of Topliss-reactive ketones (excluding diaryl/α,β-unsaturated/α-hetero) is 1. The highest BCUT2D eigenvalue weighted by Gasteiger charge is 2.24. The topological polar surface area (TPSA) is 88.6 Å². The van der Waals surface area contributed by atoms with E-state index in [0.29, 0.717) is 35.5 Å². The number of pyridine rings is 1. The van der Waals surface area contributed by atoms with Gasteiger partial charge in [-0.1, -0.05) is 42.5 Å². The quantitative estimate of drug-likeness (QED) is 0.241. The number of aromatic nitrogens is 1. The van der Waals surface area contributed by atoms with Gasteiger partial charge in [-0.2, -0.15) is 0 Å². The molecular weight excluding hydrogens is 502 g/mol. The number of hydrogen-bond donors (Lipinski definition) is 1. The third-order valence-electron chi connectivity index (χ3n) is 6.12. The van der Waals surface area contributed by atoms with E-state index in [4.69, 9.17) is 4.74 Å². The van der Waals surface area contributed by atoms with Gasteiger partial charge in [-0.05, 0) is 87.4 Å². The average Bonchev–Trinajstić information content (AvgIpc) is 2.93. The first kappa shape index (κ1) is 28.2. The van der Waals surface area contributed by atoms with Crippen LogP contribution in [0.4, 0.5) is 16.2 Å². The van der Waals surface area contributed by atoms with Crippen LogP contribution in [0.3, 0.4) is 0 Å². The maximum atomic E-state index is 13.3. The van der Waals surface area contributed by atoms with Gasteiger partial charge in [-0.15, -0.1) is 0 Å². The van der Waals surface area contributed by atoms with Crippen molar-refractivity contribution in [3.63, 3.8) is 0 Å². The monoisotopic (exact) mass is 535 g/mol. The Morgan fingerprint density at radius 3 is 2.27 bits per heavy atom. The number of carbonyl (C=O) groups is 3. The fourth-order valence-electron chi connectivity index (χ4n) is 4.18. The molecule has 0 spiro atoms. The van der Waals surface area contributed by atoms with Crippen molar-refractivity contribution < 1.29 is 19.1 Å². The standard InChI is InChI=1S/C33H33N3O4/c1-23(37)24-10-9-11-25(22-24)29-13-5-6-14-30(29)31(38)35-27-15-17-28(18-16-27)36(32(39)40-33(2,3)4)21-19-26-12-7-8-20-34-26/h5-18,20,22H,19,21H2,1-4H3,(H,35,38). The van der Waals surface area contributed by atoms with E-state index in [1.807, 2.05) is 63.2 Å². The minimum atomic E-state index is -0.647. The van der Waals surface area contributed by atoms with E-state index in [1.54, 1.807) is 59.6 Å². The Hall–Kier alpha value is -4.78.